The predicted molar refractivity (Wildman–Crippen MR) is 59.1 cm³/mol. The third kappa shape index (κ3) is 1.58. The van der Waals surface area contributed by atoms with Crippen LogP contribution >= 0.6 is 19.9 Å². The third-order valence-corrected chi connectivity index (χ3v) is 5.41. The van der Waals surface area contributed by atoms with Crippen molar-refractivity contribution in [1.82, 2.24) is 0 Å². The highest BCUT2D eigenvalue weighted by Gasteiger charge is 2.25. The molecule has 0 radical (unpaired) electrons. The highest BCUT2D eigenvalue weighted by Crippen LogP contribution is 2.45. The standard InChI is InChI=1S/C10H15PS/c1-7-3-4-10(12-7)9-5-6-11-8(9)2/h3-4,8-9,11H,5-6H2,1-2H3. The zero-order valence-electron chi connectivity index (χ0n) is 7.63. The minimum Gasteiger partial charge on any atom is -0.145 e. The van der Waals surface area contributed by atoms with Crippen LogP contribution in [0.5, 0.6) is 0 Å². The summed E-state index contributed by atoms with van der Waals surface area (Å²) in [6.07, 6.45) is 2.89. The van der Waals surface area contributed by atoms with Gasteiger partial charge in [0.15, 0.2) is 0 Å². The van der Waals surface area contributed by atoms with Crippen LogP contribution in [0.4, 0.5) is 0 Å². The SMILES string of the molecule is Cc1ccc(C2CCPC2C)s1. The Bertz CT molecular complexity index is 267. The monoisotopic (exact) mass is 198 g/mol. The van der Waals surface area contributed by atoms with Crippen LogP contribution in [0.3, 0.4) is 0 Å². The van der Waals surface area contributed by atoms with Gasteiger partial charge in [0.1, 0.15) is 0 Å². The Morgan fingerprint density at radius 3 is 2.83 bits per heavy atom. The van der Waals surface area contributed by atoms with E-state index < -0.39 is 0 Å². The highest BCUT2D eigenvalue weighted by atomic mass is 32.1. The Labute approximate surface area is 80.2 Å². The van der Waals surface area contributed by atoms with Crippen molar-refractivity contribution in [1.29, 1.82) is 0 Å². The van der Waals surface area contributed by atoms with Crippen molar-refractivity contribution in [3.8, 4) is 0 Å². The molecular weight excluding hydrogens is 183 g/mol. The van der Waals surface area contributed by atoms with E-state index in [1.807, 2.05) is 11.3 Å². The lowest BCUT2D eigenvalue weighted by Crippen LogP contribution is -2.01. The normalized spacial score (nSPS) is 31.5. The summed E-state index contributed by atoms with van der Waals surface area (Å²) in [5, 5.41) is 0. The van der Waals surface area contributed by atoms with E-state index >= 15 is 0 Å². The van der Waals surface area contributed by atoms with E-state index in [0.717, 1.165) is 11.6 Å². The number of aryl methyl sites for hydroxylation is 1. The molecule has 0 amide bonds. The molecule has 0 aliphatic carbocycles. The molecule has 1 aromatic heterocycles. The fourth-order valence-corrected chi connectivity index (χ4v) is 4.70. The topological polar surface area (TPSA) is 0 Å². The number of rotatable bonds is 1. The van der Waals surface area contributed by atoms with Gasteiger partial charge in [0, 0.05) is 9.75 Å². The van der Waals surface area contributed by atoms with Crippen molar-refractivity contribution >= 4 is 19.9 Å². The largest absolute Gasteiger partial charge is 0.145 e. The summed E-state index contributed by atoms with van der Waals surface area (Å²) in [5.41, 5.74) is 0.947. The first-order chi connectivity index (χ1) is 5.77. The minimum atomic E-state index is 0.891. The van der Waals surface area contributed by atoms with Crippen LogP contribution in [-0.2, 0) is 0 Å². The predicted octanol–water partition coefficient (Wildman–Crippen LogP) is 3.61. The lowest BCUT2D eigenvalue weighted by Gasteiger charge is -2.11. The first-order valence-electron chi connectivity index (χ1n) is 4.57. The van der Waals surface area contributed by atoms with E-state index in [9.17, 15) is 0 Å². The van der Waals surface area contributed by atoms with Crippen LogP contribution in [0.25, 0.3) is 0 Å². The minimum absolute atomic E-state index is 0.891. The Balaban J connectivity index is 2.19. The van der Waals surface area contributed by atoms with Crippen LogP contribution < -0.4 is 0 Å². The second-order valence-electron chi connectivity index (χ2n) is 3.59. The van der Waals surface area contributed by atoms with Crippen molar-refractivity contribution < 1.29 is 0 Å². The quantitative estimate of drug-likeness (QED) is 0.605. The average Bonchev–Trinajstić information content (AvgIpc) is 2.58. The summed E-state index contributed by atoms with van der Waals surface area (Å²) in [5.74, 6) is 0.891. The zero-order chi connectivity index (χ0) is 8.55. The van der Waals surface area contributed by atoms with Gasteiger partial charge in [-0.25, -0.2) is 0 Å². The summed E-state index contributed by atoms with van der Waals surface area (Å²) in [7, 11) is 1.20. The van der Waals surface area contributed by atoms with Gasteiger partial charge in [-0.2, -0.15) is 0 Å². The molecule has 0 saturated carbocycles. The fraction of sp³-hybridized carbons (Fsp3) is 0.600. The summed E-state index contributed by atoms with van der Waals surface area (Å²) in [6.45, 7) is 4.61. The second-order valence-corrected chi connectivity index (χ2v) is 6.72. The maximum atomic E-state index is 2.41. The molecule has 66 valence electrons. The fourth-order valence-electron chi connectivity index (χ4n) is 1.90. The molecule has 1 aliphatic rings. The number of hydrogen-bond acceptors (Lipinski definition) is 1. The number of thiophene rings is 1. The third-order valence-electron chi connectivity index (χ3n) is 2.65. The van der Waals surface area contributed by atoms with Crippen molar-refractivity contribution in [3.05, 3.63) is 21.9 Å². The maximum Gasteiger partial charge on any atom is 0.00852 e. The van der Waals surface area contributed by atoms with E-state index in [1.54, 1.807) is 4.88 Å². The molecule has 2 rings (SSSR count). The van der Waals surface area contributed by atoms with Crippen LogP contribution in [0.1, 0.15) is 29.0 Å². The van der Waals surface area contributed by atoms with Gasteiger partial charge in [0.05, 0.1) is 0 Å². The molecule has 0 aromatic carbocycles. The Morgan fingerprint density at radius 2 is 2.33 bits per heavy atom. The maximum absolute atomic E-state index is 2.41. The molecule has 2 heterocycles. The second kappa shape index (κ2) is 3.47. The zero-order valence-corrected chi connectivity index (χ0v) is 9.45. The van der Waals surface area contributed by atoms with Crippen molar-refractivity contribution in [3.63, 3.8) is 0 Å². The average molecular weight is 198 g/mol. The van der Waals surface area contributed by atoms with E-state index in [1.165, 1.54) is 26.0 Å². The van der Waals surface area contributed by atoms with Gasteiger partial charge < -0.3 is 0 Å². The molecule has 1 aliphatic heterocycles. The van der Waals surface area contributed by atoms with E-state index in [2.05, 4.69) is 26.0 Å². The molecule has 3 unspecified atom stereocenters. The van der Waals surface area contributed by atoms with Gasteiger partial charge >= 0.3 is 0 Å². The first-order valence-corrected chi connectivity index (χ1v) is 6.67. The van der Waals surface area contributed by atoms with Gasteiger partial charge in [-0.1, -0.05) is 6.92 Å². The Hall–Kier alpha value is 0.130. The molecule has 3 atom stereocenters. The molecule has 0 N–H and O–H groups in total. The first kappa shape index (κ1) is 8.72. The molecule has 12 heavy (non-hydrogen) atoms. The summed E-state index contributed by atoms with van der Waals surface area (Å²) in [6, 6.07) is 4.59. The molecule has 0 nitrogen and oxygen atoms in total. The van der Waals surface area contributed by atoms with Crippen molar-refractivity contribution in [2.24, 2.45) is 0 Å². The molecule has 1 fully saturated rings. The van der Waals surface area contributed by atoms with Crippen molar-refractivity contribution in [2.75, 3.05) is 6.16 Å². The van der Waals surface area contributed by atoms with Gasteiger partial charge in [-0.15, -0.1) is 19.9 Å². The molecule has 0 bridgehead atoms. The Kier molecular flexibility index (Phi) is 2.52. The smallest absolute Gasteiger partial charge is 0.00852 e. The molecular formula is C10H15PS. The lowest BCUT2D eigenvalue weighted by atomic mass is 10.0. The molecule has 2 heteroatoms. The summed E-state index contributed by atoms with van der Waals surface area (Å²) < 4.78 is 0. The van der Waals surface area contributed by atoms with Gasteiger partial charge in [-0.05, 0) is 43.2 Å². The van der Waals surface area contributed by atoms with Gasteiger partial charge in [0.25, 0.3) is 0 Å². The summed E-state index contributed by atoms with van der Waals surface area (Å²) >= 11 is 1.99. The summed E-state index contributed by atoms with van der Waals surface area (Å²) in [4.78, 5) is 3.09. The van der Waals surface area contributed by atoms with Crippen molar-refractivity contribution in [2.45, 2.75) is 31.8 Å². The Morgan fingerprint density at radius 1 is 1.50 bits per heavy atom. The van der Waals surface area contributed by atoms with E-state index in [-0.39, 0.29) is 0 Å². The van der Waals surface area contributed by atoms with Crippen LogP contribution in [0, 0.1) is 6.92 Å². The lowest BCUT2D eigenvalue weighted by molar-refractivity contribution is 0.706. The van der Waals surface area contributed by atoms with Crippen LogP contribution in [0.15, 0.2) is 12.1 Å². The van der Waals surface area contributed by atoms with Crippen LogP contribution in [0.2, 0.25) is 0 Å². The molecule has 1 saturated heterocycles. The molecule has 0 spiro atoms. The van der Waals surface area contributed by atoms with Crippen LogP contribution in [-0.4, -0.2) is 11.8 Å². The highest BCUT2D eigenvalue weighted by molar-refractivity contribution is 7.39. The van der Waals surface area contributed by atoms with Gasteiger partial charge in [-0.3, -0.25) is 0 Å². The van der Waals surface area contributed by atoms with Gasteiger partial charge in [0.2, 0.25) is 0 Å². The molecule has 1 aromatic rings. The van der Waals surface area contributed by atoms with E-state index in [0.29, 0.717) is 0 Å². The van der Waals surface area contributed by atoms with E-state index in [4.69, 9.17) is 0 Å². The number of hydrogen-bond donors (Lipinski definition) is 0.